The van der Waals surface area contributed by atoms with Gasteiger partial charge in [0.05, 0.1) is 6.26 Å². The summed E-state index contributed by atoms with van der Waals surface area (Å²) >= 11 is 0. The predicted octanol–water partition coefficient (Wildman–Crippen LogP) is 6.95. The highest BCUT2D eigenvalue weighted by molar-refractivity contribution is 5.83. The van der Waals surface area contributed by atoms with Crippen molar-refractivity contribution < 1.29 is 4.42 Å². The highest BCUT2D eigenvalue weighted by Gasteiger charge is 2.28. The number of nitrogens with one attached hydrogen (secondary N) is 1. The summed E-state index contributed by atoms with van der Waals surface area (Å²) in [5.41, 5.74) is 5.20. The van der Waals surface area contributed by atoms with Crippen molar-refractivity contribution in [3.8, 4) is 0 Å². The zero-order chi connectivity index (χ0) is 18.4. The number of benzene rings is 2. The van der Waals surface area contributed by atoms with Gasteiger partial charge in [-0.25, -0.2) is 0 Å². The molecule has 2 heteroatoms. The van der Waals surface area contributed by atoms with Crippen molar-refractivity contribution in [2.75, 3.05) is 0 Å². The Bertz CT molecular complexity index is 1050. The largest absolute Gasteiger partial charge is 0.464 e. The summed E-state index contributed by atoms with van der Waals surface area (Å²) in [4.78, 5) is 3.43. The van der Waals surface area contributed by atoms with Crippen molar-refractivity contribution in [1.82, 2.24) is 4.98 Å². The van der Waals surface area contributed by atoms with Crippen molar-refractivity contribution >= 4 is 21.9 Å². The lowest BCUT2D eigenvalue weighted by molar-refractivity contribution is 0.376. The number of rotatable bonds is 5. The maximum atomic E-state index is 5.60. The molecule has 0 unspecified atom stereocenters. The maximum Gasteiger partial charge on any atom is 0.134 e. The normalized spacial score (nSPS) is 12.9. The van der Waals surface area contributed by atoms with Gasteiger partial charge in [-0.2, -0.15) is 0 Å². The fraction of sp³-hybridized carbons (Fsp3) is 0.333. The molecule has 2 heterocycles. The van der Waals surface area contributed by atoms with Crippen LogP contribution in [0.5, 0.6) is 0 Å². The zero-order valence-electron chi connectivity index (χ0n) is 16.1. The van der Waals surface area contributed by atoms with Crippen LogP contribution in [-0.4, -0.2) is 4.98 Å². The van der Waals surface area contributed by atoms with Gasteiger partial charge >= 0.3 is 0 Å². The van der Waals surface area contributed by atoms with Gasteiger partial charge in [-0.15, -0.1) is 0 Å². The van der Waals surface area contributed by atoms with Gasteiger partial charge in [0.15, 0.2) is 0 Å². The molecule has 0 aliphatic heterocycles. The lowest BCUT2D eigenvalue weighted by Crippen LogP contribution is -2.24. The van der Waals surface area contributed by atoms with Gasteiger partial charge in [-0.1, -0.05) is 58.0 Å². The number of hydrogen-bond acceptors (Lipinski definition) is 1. The Morgan fingerprint density at radius 3 is 2.50 bits per heavy atom. The lowest BCUT2D eigenvalue weighted by atomic mass is 9.72. The summed E-state index contributed by atoms with van der Waals surface area (Å²) in [5.74, 6) is 0. The van der Waals surface area contributed by atoms with E-state index >= 15 is 0 Å². The maximum absolute atomic E-state index is 5.60. The summed E-state index contributed by atoms with van der Waals surface area (Å²) < 4.78 is 5.60. The first-order chi connectivity index (χ1) is 12.4. The second-order valence-corrected chi connectivity index (χ2v) is 8.69. The van der Waals surface area contributed by atoms with E-state index in [2.05, 4.69) is 75.1 Å². The minimum absolute atomic E-state index is 0.0991. The van der Waals surface area contributed by atoms with Gasteiger partial charge in [0.2, 0.25) is 0 Å². The highest BCUT2D eigenvalue weighted by atomic mass is 16.3. The van der Waals surface area contributed by atoms with Crippen LogP contribution in [0.15, 0.2) is 65.4 Å². The van der Waals surface area contributed by atoms with E-state index in [1.54, 1.807) is 6.26 Å². The van der Waals surface area contributed by atoms with Crippen LogP contribution in [0, 0.1) is 0 Å². The second-order valence-electron chi connectivity index (χ2n) is 8.69. The number of para-hydroxylation sites is 1. The van der Waals surface area contributed by atoms with E-state index in [0.29, 0.717) is 0 Å². The van der Waals surface area contributed by atoms with Crippen LogP contribution in [0.2, 0.25) is 0 Å². The molecule has 26 heavy (non-hydrogen) atoms. The van der Waals surface area contributed by atoms with Crippen LogP contribution >= 0.6 is 0 Å². The van der Waals surface area contributed by atoms with Gasteiger partial charge in [0, 0.05) is 17.1 Å². The molecule has 0 spiro atoms. The average Bonchev–Trinajstić information content (AvgIpc) is 3.27. The van der Waals surface area contributed by atoms with Crippen molar-refractivity contribution in [3.05, 3.63) is 72.1 Å². The summed E-state index contributed by atoms with van der Waals surface area (Å²) in [6.45, 7) is 9.38. The number of aromatic amines is 1. The summed E-state index contributed by atoms with van der Waals surface area (Å²) in [5, 5.41) is 2.46. The van der Waals surface area contributed by atoms with E-state index < -0.39 is 0 Å². The number of fused-ring (bicyclic) bond motifs is 2. The first kappa shape index (κ1) is 17.0. The van der Waals surface area contributed by atoms with Crippen LogP contribution in [0.3, 0.4) is 0 Å². The molecule has 0 amide bonds. The van der Waals surface area contributed by atoms with Gasteiger partial charge in [0.1, 0.15) is 5.58 Å². The van der Waals surface area contributed by atoms with E-state index in [0.717, 1.165) is 18.4 Å². The smallest absolute Gasteiger partial charge is 0.134 e. The Labute approximate surface area is 155 Å². The van der Waals surface area contributed by atoms with Crippen LogP contribution < -0.4 is 0 Å². The second kappa shape index (κ2) is 6.05. The van der Waals surface area contributed by atoms with Gasteiger partial charge in [-0.3, -0.25) is 0 Å². The summed E-state index contributed by atoms with van der Waals surface area (Å²) in [6.07, 6.45) is 6.03. The Morgan fingerprint density at radius 1 is 0.846 bits per heavy atom. The van der Waals surface area contributed by atoms with Gasteiger partial charge in [0.25, 0.3) is 0 Å². The molecule has 134 valence electrons. The Kier molecular flexibility index (Phi) is 3.95. The fourth-order valence-electron chi connectivity index (χ4n) is 3.93. The Balaban J connectivity index is 1.59. The van der Waals surface area contributed by atoms with Crippen LogP contribution in [0.25, 0.3) is 21.9 Å². The molecule has 2 aromatic carbocycles. The first-order valence-electron chi connectivity index (χ1n) is 9.41. The average molecular weight is 345 g/mol. The molecule has 0 saturated carbocycles. The van der Waals surface area contributed by atoms with E-state index in [1.807, 2.05) is 12.3 Å². The van der Waals surface area contributed by atoms with Crippen molar-refractivity contribution in [3.63, 3.8) is 0 Å². The van der Waals surface area contributed by atoms with Gasteiger partial charge < -0.3 is 9.40 Å². The molecular formula is C24H27NO. The Morgan fingerprint density at radius 2 is 1.65 bits per heavy atom. The van der Waals surface area contributed by atoms with Crippen LogP contribution in [-0.2, 0) is 10.8 Å². The quantitative estimate of drug-likeness (QED) is 0.416. The standard InChI is InChI=1S/C24H27NO/c1-23(2,19-9-8-17-11-15-26-21(17)16-19)12-13-24(3,4)20-7-5-6-18-10-14-25-22(18)20/h5-11,14-16,25H,12-13H2,1-4H3. The molecule has 4 aromatic rings. The number of furan rings is 1. The monoisotopic (exact) mass is 345 g/mol. The first-order valence-corrected chi connectivity index (χ1v) is 9.41. The highest BCUT2D eigenvalue weighted by Crippen LogP contribution is 2.38. The molecule has 2 nitrogen and oxygen atoms in total. The van der Waals surface area contributed by atoms with Crippen molar-refractivity contribution in [2.24, 2.45) is 0 Å². The third kappa shape index (κ3) is 2.94. The van der Waals surface area contributed by atoms with E-state index in [1.165, 1.54) is 27.4 Å². The van der Waals surface area contributed by atoms with Crippen LogP contribution in [0.1, 0.15) is 51.7 Å². The van der Waals surface area contributed by atoms with E-state index in [9.17, 15) is 0 Å². The minimum atomic E-state index is 0.0991. The zero-order valence-corrected chi connectivity index (χ0v) is 16.1. The Hall–Kier alpha value is -2.48. The van der Waals surface area contributed by atoms with Gasteiger partial charge in [-0.05, 0) is 58.4 Å². The predicted molar refractivity (Wildman–Crippen MR) is 110 cm³/mol. The third-order valence-corrected chi connectivity index (χ3v) is 5.93. The molecule has 0 atom stereocenters. The molecule has 0 radical (unpaired) electrons. The SMILES string of the molecule is CC(C)(CCC(C)(C)c1cccc2cc[nH]c12)c1ccc2ccoc2c1. The number of hydrogen-bond donors (Lipinski definition) is 1. The van der Waals surface area contributed by atoms with Crippen molar-refractivity contribution in [1.29, 1.82) is 0 Å². The molecule has 0 aliphatic rings. The van der Waals surface area contributed by atoms with Crippen LogP contribution in [0.4, 0.5) is 0 Å². The topological polar surface area (TPSA) is 28.9 Å². The molecule has 4 rings (SSSR count). The summed E-state index contributed by atoms with van der Waals surface area (Å²) in [6, 6.07) is 17.4. The number of aromatic nitrogens is 1. The number of H-pyrrole nitrogens is 1. The molecule has 2 aromatic heterocycles. The lowest BCUT2D eigenvalue weighted by Gasteiger charge is -2.32. The minimum Gasteiger partial charge on any atom is -0.464 e. The summed E-state index contributed by atoms with van der Waals surface area (Å²) in [7, 11) is 0. The third-order valence-electron chi connectivity index (χ3n) is 5.93. The molecular weight excluding hydrogens is 318 g/mol. The fourth-order valence-corrected chi connectivity index (χ4v) is 3.93. The van der Waals surface area contributed by atoms with E-state index in [4.69, 9.17) is 4.42 Å². The van der Waals surface area contributed by atoms with E-state index in [-0.39, 0.29) is 10.8 Å². The molecule has 0 saturated heterocycles. The van der Waals surface area contributed by atoms with Crippen molar-refractivity contribution in [2.45, 2.75) is 51.4 Å². The molecule has 0 fully saturated rings. The molecule has 0 aliphatic carbocycles. The molecule has 1 N–H and O–H groups in total. The molecule has 0 bridgehead atoms.